The smallest absolute Gasteiger partial charge is 0.269 e. The van der Waals surface area contributed by atoms with Gasteiger partial charge in [0.2, 0.25) is 0 Å². The largest absolute Gasteiger partial charge is 0.493 e. The summed E-state index contributed by atoms with van der Waals surface area (Å²) in [6.07, 6.45) is 3.07. The second-order valence-corrected chi connectivity index (χ2v) is 4.84. The van der Waals surface area contributed by atoms with Crippen molar-refractivity contribution < 1.29 is 19.2 Å². The van der Waals surface area contributed by atoms with Crippen LogP contribution in [0.5, 0.6) is 11.5 Å². The molecule has 0 unspecified atom stereocenters. The van der Waals surface area contributed by atoms with E-state index in [1.165, 1.54) is 30.3 Å². The Bertz CT molecular complexity index is 765. The highest BCUT2D eigenvalue weighted by Crippen LogP contribution is 2.28. The van der Waals surface area contributed by atoms with Gasteiger partial charge in [-0.05, 0) is 42.8 Å². The first-order valence-corrected chi connectivity index (χ1v) is 7.33. The summed E-state index contributed by atoms with van der Waals surface area (Å²) in [5, 5.41) is 10.6. The Morgan fingerprint density at radius 3 is 2.46 bits per heavy atom. The van der Waals surface area contributed by atoms with Gasteiger partial charge in [0.15, 0.2) is 17.3 Å². The number of ether oxygens (including phenoxy) is 2. The summed E-state index contributed by atoms with van der Waals surface area (Å²) in [7, 11) is 1.56. The van der Waals surface area contributed by atoms with Gasteiger partial charge in [0, 0.05) is 17.7 Å². The maximum Gasteiger partial charge on any atom is 0.269 e. The number of hydrogen-bond acceptors (Lipinski definition) is 5. The van der Waals surface area contributed by atoms with Gasteiger partial charge in [-0.3, -0.25) is 14.9 Å². The Morgan fingerprint density at radius 1 is 1.17 bits per heavy atom. The van der Waals surface area contributed by atoms with Crippen LogP contribution in [0, 0.1) is 10.1 Å². The Hall–Kier alpha value is -3.15. The fraction of sp³-hybridized carbons (Fsp3) is 0.167. The lowest BCUT2D eigenvalue weighted by Gasteiger charge is -2.09. The topological polar surface area (TPSA) is 78.7 Å². The van der Waals surface area contributed by atoms with E-state index in [0.29, 0.717) is 23.7 Å². The van der Waals surface area contributed by atoms with E-state index >= 15 is 0 Å². The minimum absolute atomic E-state index is 0.0490. The molecule has 0 bridgehead atoms. The first-order chi connectivity index (χ1) is 11.5. The first kappa shape index (κ1) is 17.2. The van der Waals surface area contributed by atoms with Crippen LogP contribution in [-0.4, -0.2) is 24.4 Å². The molecule has 6 heteroatoms. The summed E-state index contributed by atoms with van der Waals surface area (Å²) in [6.45, 7) is 2.38. The van der Waals surface area contributed by atoms with Crippen molar-refractivity contribution in [2.45, 2.75) is 6.92 Å². The zero-order chi connectivity index (χ0) is 17.5. The number of carbonyl (C=O) groups excluding carboxylic acids is 1. The van der Waals surface area contributed by atoms with Gasteiger partial charge >= 0.3 is 0 Å². The van der Waals surface area contributed by atoms with Gasteiger partial charge in [0.05, 0.1) is 18.6 Å². The number of non-ortho nitro benzene ring substituents is 1. The van der Waals surface area contributed by atoms with Gasteiger partial charge in [-0.15, -0.1) is 0 Å². The minimum Gasteiger partial charge on any atom is -0.493 e. The lowest BCUT2D eigenvalue weighted by Crippen LogP contribution is -1.96. The molecule has 2 aromatic rings. The van der Waals surface area contributed by atoms with Gasteiger partial charge in [0.25, 0.3) is 5.69 Å². The highest BCUT2D eigenvalue weighted by molar-refractivity contribution is 6.06. The van der Waals surface area contributed by atoms with Crippen LogP contribution in [0.4, 0.5) is 5.69 Å². The Labute approximate surface area is 139 Å². The molecule has 0 spiro atoms. The molecule has 0 atom stereocenters. The molecule has 0 aliphatic carbocycles. The molecule has 2 rings (SSSR count). The number of allylic oxidation sites excluding steroid dienone is 1. The predicted molar refractivity (Wildman–Crippen MR) is 90.6 cm³/mol. The number of nitrogens with zero attached hydrogens (tertiary/aromatic N) is 1. The van der Waals surface area contributed by atoms with Crippen LogP contribution < -0.4 is 9.47 Å². The molecule has 0 aliphatic heterocycles. The predicted octanol–water partition coefficient (Wildman–Crippen LogP) is 3.90. The molecule has 0 radical (unpaired) electrons. The van der Waals surface area contributed by atoms with E-state index in [-0.39, 0.29) is 11.5 Å². The molecule has 6 nitrogen and oxygen atoms in total. The van der Waals surface area contributed by atoms with Gasteiger partial charge in [-0.1, -0.05) is 12.1 Å². The Morgan fingerprint density at radius 2 is 1.88 bits per heavy atom. The molecule has 0 N–H and O–H groups in total. The second-order valence-electron chi connectivity index (χ2n) is 4.84. The highest BCUT2D eigenvalue weighted by atomic mass is 16.6. The molecule has 0 amide bonds. The van der Waals surface area contributed by atoms with Crippen molar-refractivity contribution in [2.24, 2.45) is 0 Å². The number of rotatable bonds is 7. The summed E-state index contributed by atoms with van der Waals surface area (Å²) >= 11 is 0. The van der Waals surface area contributed by atoms with Crippen LogP contribution in [0.1, 0.15) is 22.8 Å². The molecule has 0 fully saturated rings. The Kier molecular flexibility index (Phi) is 5.68. The molecule has 0 saturated carbocycles. The summed E-state index contributed by atoms with van der Waals surface area (Å²) < 4.78 is 10.7. The highest BCUT2D eigenvalue weighted by Gasteiger charge is 2.08. The van der Waals surface area contributed by atoms with E-state index in [1.807, 2.05) is 6.92 Å². The molecule has 124 valence electrons. The number of carbonyl (C=O) groups is 1. The molecule has 24 heavy (non-hydrogen) atoms. The van der Waals surface area contributed by atoms with Crippen LogP contribution in [0.15, 0.2) is 48.5 Å². The van der Waals surface area contributed by atoms with E-state index in [1.54, 1.807) is 31.4 Å². The lowest BCUT2D eigenvalue weighted by molar-refractivity contribution is -0.384. The number of hydrogen-bond donors (Lipinski definition) is 0. The number of nitro groups is 1. The third kappa shape index (κ3) is 4.19. The molecule has 0 heterocycles. The van der Waals surface area contributed by atoms with Crippen molar-refractivity contribution in [3.05, 3.63) is 69.8 Å². The number of ketones is 1. The molecular weight excluding hydrogens is 310 g/mol. The lowest BCUT2D eigenvalue weighted by atomic mass is 10.1. The van der Waals surface area contributed by atoms with Crippen LogP contribution in [0.3, 0.4) is 0 Å². The van der Waals surface area contributed by atoms with Gasteiger partial charge in [0.1, 0.15) is 0 Å². The summed E-state index contributed by atoms with van der Waals surface area (Å²) in [5.41, 5.74) is 1.12. The third-order valence-corrected chi connectivity index (χ3v) is 3.28. The number of nitro benzene ring substituents is 1. The maximum absolute atomic E-state index is 12.1. The van der Waals surface area contributed by atoms with Crippen molar-refractivity contribution >= 4 is 17.5 Å². The molecule has 0 aliphatic rings. The maximum atomic E-state index is 12.1. The molecule has 2 aromatic carbocycles. The van der Waals surface area contributed by atoms with E-state index < -0.39 is 4.92 Å². The van der Waals surface area contributed by atoms with E-state index in [9.17, 15) is 14.9 Å². The van der Waals surface area contributed by atoms with Crippen molar-refractivity contribution in [3.8, 4) is 11.5 Å². The van der Waals surface area contributed by atoms with Crippen LogP contribution >= 0.6 is 0 Å². The van der Waals surface area contributed by atoms with Crippen LogP contribution in [0.2, 0.25) is 0 Å². The quantitative estimate of drug-likeness (QED) is 0.333. The van der Waals surface area contributed by atoms with Crippen LogP contribution in [0.25, 0.3) is 6.08 Å². The van der Waals surface area contributed by atoms with Gasteiger partial charge < -0.3 is 9.47 Å². The SMILES string of the molecule is CCOc1cc(/C=C/C(=O)c2ccc([N+](=O)[O-])cc2)ccc1OC. The van der Waals surface area contributed by atoms with Crippen molar-refractivity contribution in [2.75, 3.05) is 13.7 Å². The molecular formula is C18H17NO5. The first-order valence-electron chi connectivity index (χ1n) is 7.33. The monoisotopic (exact) mass is 327 g/mol. The average Bonchev–Trinajstić information content (AvgIpc) is 2.60. The number of benzene rings is 2. The average molecular weight is 327 g/mol. The molecule has 0 saturated heterocycles. The summed E-state index contributed by atoms with van der Waals surface area (Å²) in [5.74, 6) is 0.985. The summed E-state index contributed by atoms with van der Waals surface area (Å²) in [4.78, 5) is 22.2. The Balaban J connectivity index is 2.16. The molecule has 0 aromatic heterocycles. The van der Waals surface area contributed by atoms with Crippen LogP contribution in [-0.2, 0) is 0 Å². The third-order valence-electron chi connectivity index (χ3n) is 3.28. The fourth-order valence-corrected chi connectivity index (χ4v) is 2.08. The van der Waals surface area contributed by atoms with Crippen molar-refractivity contribution in [3.63, 3.8) is 0 Å². The second kappa shape index (κ2) is 7.92. The fourth-order valence-electron chi connectivity index (χ4n) is 2.08. The number of methoxy groups -OCH3 is 1. The van der Waals surface area contributed by atoms with Crippen molar-refractivity contribution in [1.29, 1.82) is 0 Å². The van der Waals surface area contributed by atoms with E-state index in [4.69, 9.17) is 9.47 Å². The summed E-state index contributed by atoms with van der Waals surface area (Å²) in [6, 6.07) is 10.8. The normalized spacial score (nSPS) is 10.6. The van der Waals surface area contributed by atoms with Gasteiger partial charge in [-0.25, -0.2) is 0 Å². The zero-order valence-corrected chi connectivity index (χ0v) is 13.4. The van der Waals surface area contributed by atoms with Crippen molar-refractivity contribution in [1.82, 2.24) is 0 Å². The zero-order valence-electron chi connectivity index (χ0n) is 13.4. The van der Waals surface area contributed by atoms with Gasteiger partial charge in [-0.2, -0.15) is 0 Å². The minimum atomic E-state index is -0.503. The van der Waals surface area contributed by atoms with E-state index in [2.05, 4.69) is 0 Å². The van der Waals surface area contributed by atoms with E-state index in [0.717, 1.165) is 5.56 Å². The standard InChI is InChI=1S/C18H17NO5/c1-3-24-18-12-13(5-11-17(18)23-2)4-10-16(20)14-6-8-15(9-7-14)19(21)22/h4-12H,3H2,1-2H3/b10-4+.